The summed E-state index contributed by atoms with van der Waals surface area (Å²) in [4.78, 5) is 0. The topological polar surface area (TPSA) is 27.1 Å². The molecule has 1 aromatic heterocycles. The zero-order valence-corrected chi connectivity index (χ0v) is 8.11. The van der Waals surface area contributed by atoms with Gasteiger partial charge in [-0.3, -0.25) is 4.68 Å². The molecule has 0 saturated heterocycles. The Balaban J connectivity index is 2.52. The van der Waals surface area contributed by atoms with E-state index in [1.807, 2.05) is 19.3 Å². The summed E-state index contributed by atoms with van der Waals surface area (Å²) in [6.45, 7) is 6.32. The molecule has 0 N–H and O–H groups in total. The lowest BCUT2D eigenvalue weighted by molar-refractivity contribution is 0.162. The number of rotatable bonds is 3. The van der Waals surface area contributed by atoms with Crippen LogP contribution in [0.2, 0.25) is 0 Å². The molecule has 0 spiro atoms. The minimum absolute atomic E-state index is 0.222. The Kier molecular flexibility index (Phi) is 2.74. The first-order valence-electron chi connectivity index (χ1n) is 4.26. The Hall–Kier alpha value is -0.990. The number of nitrogens with zero attached hydrogens (tertiary/aromatic N) is 2. The lowest BCUT2D eigenvalue weighted by Gasteiger charge is -2.15. The molecule has 1 atom stereocenters. The second kappa shape index (κ2) is 3.61. The van der Waals surface area contributed by atoms with Crippen LogP contribution < -0.4 is 4.74 Å². The van der Waals surface area contributed by atoms with Crippen molar-refractivity contribution in [2.24, 2.45) is 13.0 Å². The molecule has 0 saturated carbocycles. The molecule has 3 nitrogen and oxygen atoms in total. The van der Waals surface area contributed by atoms with E-state index in [9.17, 15) is 0 Å². The van der Waals surface area contributed by atoms with Gasteiger partial charge >= 0.3 is 0 Å². The fraction of sp³-hybridized carbons (Fsp3) is 0.667. The summed E-state index contributed by atoms with van der Waals surface area (Å²) in [5, 5.41) is 4.13. The SMILES string of the molecule is CC(C)[C@H](C)Oc1ccn(C)n1. The first-order chi connectivity index (χ1) is 5.59. The molecule has 3 heteroatoms. The van der Waals surface area contributed by atoms with Crippen molar-refractivity contribution in [2.75, 3.05) is 0 Å². The van der Waals surface area contributed by atoms with Gasteiger partial charge in [-0.15, -0.1) is 5.10 Å². The van der Waals surface area contributed by atoms with E-state index >= 15 is 0 Å². The summed E-state index contributed by atoms with van der Waals surface area (Å²) in [5.41, 5.74) is 0. The molecule has 0 amide bonds. The monoisotopic (exact) mass is 168 g/mol. The van der Waals surface area contributed by atoms with Gasteiger partial charge in [-0.05, 0) is 12.8 Å². The second-order valence-corrected chi connectivity index (χ2v) is 3.39. The average Bonchev–Trinajstić information content (AvgIpc) is 2.35. The van der Waals surface area contributed by atoms with Crippen molar-refractivity contribution in [3.63, 3.8) is 0 Å². The van der Waals surface area contributed by atoms with Gasteiger partial charge in [0, 0.05) is 19.3 Å². The van der Waals surface area contributed by atoms with Gasteiger partial charge in [0.2, 0.25) is 5.88 Å². The Bertz CT molecular complexity index is 242. The fourth-order valence-electron chi connectivity index (χ4n) is 0.783. The van der Waals surface area contributed by atoms with Gasteiger partial charge in [0.25, 0.3) is 0 Å². The number of hydrogen-bond donors (Lipinski definition) is 0. The molecule has 0 bridgehead atoms. The normalized spacial score (nSPS) is 13.4. The molecule has 1 aromatic rings. The third-order valence-corrected chi connectivity index (χ3v) is 1.93. The van der Waals surface area contributed by atoms with Gasteiger partial charge in [-0.25, -0.2) is 0 Å². The molecular formula is C9H16N2O. The highest BCUT2D eigenvalue weighted by Gasteiger charge is 2.09. The second-order valence-electron chi connectivity index (χ2n) is 3.39. The molecule has 0 aliphatic rings. The maximum absolute atomic E-state index is 5.56. The van der Waals surface area contributed by atoms with Crippen LogP contribution in [0.5, 0.6) is 5.88 Å². The summed E-state index contributed by atoms with van der Waals surface area (Å²) in [7, 11) is 1.88. The Labute approximate surface area is 73.3 Å². The maximum Gasteiger partial charge on any atom is 0.232 e. The van der Waals surface area contributed by atoms with E-state index in [2.05, 4.69) is 25.9 Å². The van der Waals surface area contributed by atoms with E-state index in [1.54, 1.807) is 4.68 Å². The molecule has 0 aliphatic heterocycles. The van der Waals surface area contributed by atoms with Crippen LogP contribution in [0.15, 0.2) is 12.3 Å². The first kappa shape index (κ1) is 9.10. The van der Waals surface area contributed by atoms with Gasteiger partial charge in [0.05, 0.1) is 6.10 Å². The lowest BCUT2D eigenvalue weighted by Crippen LogP contribution is -2.18. The van der Waals surface area contributed by atoms with E-state index in [4.69, 9.17) is 4.74 Å². The van der Waals surface area contributed by atoms with Crippen molar-refractivity contribution >= 4 is 0 Å². The van der Waals surface area contributed by atoms with E-state index in [0.29, 0.717) is 11.8 Å². The summed E-state index contributed by atoms with van der Waals surface area (Å²) >= 11 is 0. The van der Waals surface area contributed by atoms with Crippen molar-refractivity contribution < 1.29 is 4.74 Å². The Morgan fingerprint density at radius 3 is 2.50 bits per heavy atom. The Morgan fingerprint density at radius 2 is 2.08 bits per heavy atom. The average molecular weight is 168 g/mol. The molecule has 0 unspecified atom stereocenters. The maximum atomic E-state index is 5.56. The summed E-state index contributed by atoms with van der Waals surface area (Å²) in [6, 6.07) is 1.87. The van der Waals surface area contributed by atoms with Crippen LogP contribution in [0.3, 0.4) is 0 Å². The van der Waals surface area contributed by atoms with E-state index in [-0.39, 0.29) is 6.10 Å². The van der Waals surface area contributed by atoms with Gasteiger partial charge in [0.15, 0.2) is 0 Å². The first-order valence-corrected chi connectivity index (χ1v) is 4.26. The van der Waals surface area contributed by atoms with Crippen LogP contribution in [-0.2, 0) is 7.05 Å². The molecule has 68 valence electrons. The number of aromatic nitrogens is 2. The molecule has 0 fully saturated rings. The number of aryl methyl sites for hydroxylation is 1. The summed E-state index contributed by atoms with van der Waals surface area (Å²) < 4.78 is 7.30. The van der Waals surface area contributed by atoms with Crippen LogP contribution in [0, 0.1) is 5.92 Å². The highest BCUT2D eigenvalue weighted by Crippen LogP contribution is 2.11. The van der Waals surface area contributed by atoms with E-state index in [0.717, 1.165) is 0 Å². The molecule has 0 radical (unpaired) electrons. The predicted octanol–water partition coefficient (Wildman–Crippen LogP) is 1.84. The Morgan fingerprint density at radius 1 is 1.42 bits per heavy atom. The van der Waals surface area contributed by atoms with Crippen molar-refractivity contribution in [1.29, 1.82) is 0 Å². The van der Waals surface area contributed by atoms with Crippen LogP contribution in [0.25, 0.3) is 0 Å². The zero-order chi connectivity index (χ0) is 9.14. The molecule has 0 aromatic carbocycles. The van der Waals surface area contributed by atoms with E-state index in [1.165, 1.54) is 0 Å². The molecular weight excluding hydrogens is 152 g/mol. The molecule has 1 heterocycles. The van der Waals surface area contributed by atoms with Crippen molar-refractivity contribution in [3.05, 3.63) is 12.3 Å². The predicted molar refractivity (Wildman–Crippen MR) is 48.1 cm³/mol. The number of hydrogen-bond acceptors (Lipinski definition) is 2. The van der Waals surface area contributed by atoms with Crippen LogP contribution in [0.4, 0.5) is 0 Å². The van der Waals surface area contributed by atoms with Gasteiger partial charge in [0.1, 0.15) is 0 Å². The smallest absolute Gasteiger partial charge is 0.232 e. The molecule has 1 rings (SSSR count). The zero-order valence-electron chi connectivity index (χ0n) is 8.11. The molecule has 0 aliphatic carbocycles. The van der Waals surface area contributed by atoms with Crippen LogP contribution >= 0.6 is 0 Å². The third-order valence-electron chi connectivity index (χ3n) is 1.93. The minimum Gasteiger partial charge on any atom is -0.473 e. The largest absolute Gasteiger partial charge is 0.473 e. The fourth-order valence-corrected chi connectivity index (χ4v) is 0.783. The summed E-state index contributed by atoms with van der Waals surface area (Å²) in [6.07, 6.45) is 2.10. The number of ether oxygens (including phenoxy) is 1. The highest BCUT2D eigenvalue weighted by molar-refractivity contribution is 5.05. The van der Waals surface area contributed by atoms with Crippen molar-refractivity contribution in [3.8, 4) is 5.88 Å². The van der Waals surface area contributed by atoms with Crippen molar-refractivity contribution in [1.82, 2.24) is 9.78 Å². The summed E-state index contributed by atoms with van der Waals surface area (Å²) in [5.74, 6) is 1.23. The van der Waals surface area contributed by atoms with Gasteiger partial charge in [-0.2, -0.15) is 0 Å². The standard InChI is InChI=1S/C9H16N2O/c1-7(2)8(3)12-9-5-6-11(4)10-9/h5-8H,1-4H3/t8-/m0/s1. The van der Waals surface area contributed by atoms with Crippen LogP contribution in [-0.4, -0.2) is 15.9 Å². The van der Waals surface area contributed by atoms with Crippen molar-refractivity contribution in [2.45, 2.75) is 26.9 Å². The highest BCUT2D eigenvalue weighted by atomic mass is 16.5. The van der Waals surface area contributed by atoms with Gasteiger partial charge < -0.3 is 4.74 Å². The minimum atomic E-state index is 0.222. The quantitative estimate of drug-likeness (QED) is 0.688. The van der Waals surface area contributed by atoms with Crippen LogP contribution in [0.1, 0.15) is 20.8 Å². The lowest BCUT2D eigenvalue weighted by atomic mass is 10.1. The molecule has 12 heavy (non-hydrogen) atoms. The van der Waals surface area contributed by atoms with E-state index < -0.39 is 0 Å². The van der Waals surface area contributed by atoms with Gasteiger partial charge in [-0.1, -0.05) is 13.8 Å². The third kappa shape index (κ3) is 2.26.